The molecule has 0 aromatic carbocycles. The van der Waals surface area contributed by atoms with Crippen molar-refractivity contribution >= 4 is 17.3 Å². The molecule has 0 unspecified atom stereocenters. The number of nitro groups is 1. The van der Waals surface area contributed by atoms with Gasteiger partial charge in [0.25, 0.3) is 0 Å². The van der Waals surface area contributed by atoms with Gasteiger partial charge < -0.3 is 0 Å². The maximum atomic E-state index is 11.9. The monoisotopic (exact) mass is 296 g/mol. The standard InChI is InChI=1S/C11H9ClN4O4/c1-14-6-8(16(19)20)10(17)15(11(14)18)5-7-2-3-9(12)13-4-7/h2-4,6H,5H2,1H3. The molecule has 0 fully saturated rings. The summed E-state index contributed by atoms with van der Waals surface area (Å²) in [4.78, 5) is 37.6. The van der Waals surface area contributed by atoms with Crippen LogP contribution in [0.15, 0.2) is 34.1 Å². The van der Waals surface area contributed by atoms with Crippen molar-refractivity contribution in [3.05, 3.63) is 66.2 Å². The molecule has 0 radical (unpaired) electrons. The van der Waals surface area contributed by atoms with Gasteiger partial charge in [-0.25, -0.2) is 14.3 Å². The van der Waals surface area contributed by atoms with Gasteiger partial charge in [-0.2, -0.15) is 0 Å². The van der Waals surface area contributed by atoms with E-state index in [9.17, 15) is 19.7 Å². The summed E-state index contributed by atoms with van der Waals surface area (Å²) in [5.74, 6) is 0. The van der Waals surface area contributed by atoms with Crippen molar-refractivity contribution in [2.24, 2.45) is 7.05 Å². The van der Waals surface area contributed by atoms with Crippen molar-refractivity contribution in [1.82, 2.24) is 14.1 Å². The number of hydrogen-bond acceptors (Lipinski definition) is 5. The van der Waals surface area contributed by atoms with Crippen molar-refractivity contribution in [2.45, 2.75) is 6.54 Å². The van der Waals surface area contributed by atoms with E-state index >= 15 is 0 Å². The van der Waals surface area contributed by atoms with Crippen LogP contribution in [-0.2, 0) is 13.6 Å². The minimum atomic E-state index is -0.951. The molecule has 9 heteroatoms. The van der Waals surface area contributed by atoms with Crippen molar-refractivity contribution in [1.29, 1.82) is 0 Å². The second kappa shape index (κ2) is 5.25. The first-order chi connectivity index (χ1) is 9.40. The first kappa shape index (κ1) is 13.9. The topological polar surface area (TPSA) is 100 Å². The number of pyridine rings is 1. The minimum Gasteiger partial charge on any atom is -0.297 e. The molecule has 2 aromatic rings. The maximum Gasteiger partial charge on any atom is 0.350 e. The Kier molecular flexibility index (Phi) is 3.66. The van der Waals surface area contributed by atoms with Crippen LogP contribution in [-0.4, -0.2) is 19.0 Å². The number of rotatable bonds is 3. The quantitative estimate of drug-likeness (QED) is 0.468. The van der Waals surface area contributed by atoms with Gasteiger partial charge in [-0.3, -0.25) is 19.5 Å². The van der Waals surface area contributed by atoms with Crippen molar-refractivity contribution in [2.75, 3.05) is 0 Å². The molecule has 0 aliphatic rings. The van der Waals surface area contributed by atoms with Crippen LogP contribution >= 0.6 is 11.6 Å². The van der Waals surface area contributed by atoms with E-state index in [0.29, 0.717) is 5.56 Å². The van der Waals surface area contributed by atoms with Gasteiger partial charge in [0.1, 0.15) is 5.15 Å². The molecule has 0 spiro atoms. The summed E-state index contributed by atoms with van der Waals surface area (Å²) in [6.07, 6.45) is 2.30. The van der Waals surface area contributed by atoms with E-state index in [1.54, 1.807) is 6.07 Å². The van der Waals surface area contributed by atoms with Crippen LogP contribution in [0, 0.1) is 10.1 Å². The van der Waals surface area contributed by atoms with E-state index < -0.39 is 21.9 Å². The third-order valence-electron chi connectivity index (χ3n) is 2.64. The summed E-state index contributed by atoms with van der Waals surface area (Å²) in [7, 11) is 1.34. The number of aryl methyl sites for hydroxylation is 1. The van der Waals surface area contributed by atoms with Crippen LogP contribution in [0.5, 0.6) is 0 Å². The molecular formula is C11H9ClN4O4. The molecule has 2 rings (SSSR count). The van der Waals surface area contributed by atoms with Gasteiger partial charge in [0.15, 0.2) is 0 Å². The first-order valence-electron chi connectivity index (χ1n) is 5.45. The Morgan fingerprint density at radius 1 is 1.40 bits per heavy atom. The lowest BCUT2D eigenvalue weighted by Crippen LogP contribution is -2.39. The number of halogens is 1. The van der Waals surface area contributed by atoms with Gasteiger partial charge in [0, 0.05) is 13.2 Å². The van der Waals surface area contributed by atoms with E-state index in [0.717, 1.165) is 15.3 Å². The highest BCUT2D eigenvalue weighted by Gasteiger charge is 2.18. The Morgan fingerprint density at radius 3 is 2.65 bits per heavy atom. The average Bonchev–Trinajstić information content (AvgIpc) is 2.40. The summed E-state index contributed by atoms with van der Waals surface area (Å²) in [6, 6.07) is 3.09. The molecule has 0 saturated heterocycles. The summed E-state index contributed by atoms with van der Waals surface area (Å²) in [5, 5.41) is 11.1. The fourth-order valence-electron chi connectivity index (χ4n) is 1.66. The molecule has 104 valence electrons. The highest BCUT2D eigenvalue weighted by molar-refractivity contribution is 6.29. The van der Waals surface area contributed by atoms with Crippen molar-refractivity contribution < 1.29 is 4.92 Å². The van der Waals surface area contributed by atoms with Gasteiger partial charge >= 0.3 is 16.9 Å². The number of nitrogens with zero attached hydrogens (tertiary/aromatic N) is 4. The van der Waals surface area contributed by atoms with Crippen molar-refractivity contribution in [3.8, 4) is 0 Å². The van der Waals surface area contributed by atoms with E-state index in [-0.39, 0.29) is 11.7 Å². The number of hydrogen-bond donors (Lipinski definition) is 0. The third-order valence-corrected chi connectivity index (χ3v) is 2.86. The summed E-state index contributed by atoms with van der Waals surface area (Å²) >= 11 is 5.63. The van der Waals surface area contributed by atoms with Crippen molar-refractivity contribution in [3.63, 3.8) is 0 Å². The molecule has 0 atom stereocenters. The third kappa shape index (κ3) is 2.59. The van der Waals surface area contributed by atoms with Crippen LogP contribution in [0.2, 0.25) is 5.15 Å². The Morgan fingerprint density at radius 2 is 2.10 bits per heavy atom. The molecule has 2 aromatic heterocycles. The van der Waals surface area contributed by atoms with Crippen LogP contribution in [0.25, 0.3) is 0 Å². The molecule has 0 saturated carbocycles. The molecule has 0 N–H and O–H groups in total. The summed E-state index contributed by atoms with van der Waals surface area (Å²) in [6.45, 7) is -0.114. The van der Waals surface area contributed by atoms with Gasteiger partial charge in [0.2, 0.25) is 0 Å². The van der Waals surface area contributed by atoms with Crippen LogP contribution in [0.1, 0.15) is 5.56 Å². The molecule has 0 bridgehead atoms. The van der Waals surface area contributed by atoms with Gasteiger partial charge in [-0.05, 0) is 11.6 Å². The lowest BCUT2D eigenvalue weighted by atomic mass is 10.3. The molecular weight excluding hydrogens is 288 g/mol. The molecule has 2 heterocycles. The molecule has 0 aliphatic carbocycles. The van der Waals surface area contributed by atoms with Crippen LogP contribution < -0.4 is 11.2 Å². The molecule has 0 amide bonds. The van der Waals surface area contributed by atoms with Crippen LogP contribution in [0.4, 0.5) is 5.69 Å². The zero-order valence-corrected chi connectivity index (χ0v) is 11.1. The predicted molar refractivity (Wildman–Crippen MR) is 70.9 cm³/mol. The summed E-state index contributed by atoms with van der Waals surface area (Å²) < 4.78 is 1.77. The average molecular weight is 297 g/mol. The minimum absolute atomic E-state index is 0.114. The molecule has 20 heavy (non-hydrogen) atoms. The maximum absolute atomic E-state index is 11.9. The largest absolute Gasteiger partial charge is 0.350 e. The SMILES string of the molecule is Cn1cc([N+](=O)[O-])c(=O)n(Cc2ccc(Cl)nc2)c1=O. The summed E-state index contributed by atoms with van der Waals surface area (Å²) in [5.41, 5.74) is -1.72. The zero-order chi connectivity index (χ0) is 14.9. The fourth-order valence-corrected chi connectivity index (χ4v) is 1.77. The highest BCUT2D eigenvalue weighted by Crippen LogP contribution is 2.06. The van der Waals surface area contributed by atoms with Crippen LogP contribution in [0.3, 0.4) is 0 Å². The van der Waals surface area contributed by atoms with Gasteiger partial charge in [-0.1, -0.05) is 17.7 Å². The first-order valence-corrected chi connectivity index (χ1v) is 5.83. The smallest absolute Gasteiger partial charge is 0.297 e. The Bertz CT molecular complexity index is 778. The lowest BCUT2D eigenvalue weighted by molar-refractivity contribution is -0.387. The predicted octanol–water partition coefficient (Wildman–Crippen LogP) is 0.552. The van der Waals surface area contributed by atoms with E-state index in [4.69, 9.17) is 11.6 Å². The second-order valence-electron chi connectivity index (χ2n) is 4.05. The fraction of sp³-hybridized carbons (Fsp3) is 0.182. The van der Waals surface area contributed by atoms with Gasteiger partial charge in [0.05, 0.1) is 17.7 Å². The van der Waals surface area contributed by atoms with Gasteiger partial charge in [-0.15, -0.1) is 0 Å². The highest BCUT2D eigenvalue weighted by atomic mass is 35.5. The molecule has 0 aliphatic heterocycles. The Balaban J connectivity index is 2.56. The Hall–Kier alpha value is -2.48. The van der Waals surface area contributed by atoms with E-state index in [1.165, 1.54) is 19.3 Å². The number of aromatic nitrogens is 3. The molecule has 8 nitrogen and oxygen atoms in total. The van der Waals surface area contributed by atoms with E-state index in [1.807, 2.05) is 0 Å². The lowest BCUT2D eigenvalue weighted by Gasteiger charge is -2.06. The van der Waals surface area contributed by atoms with E-state index in [2.05, 4.69) is 4.98 Å². The second-order valence-corrected chi connectivity index (χ2v) is 4.43. The zero-order valence-electron chi connectivity index (χ0n) is 10.3. The normalized spacial score (nSPS) is 10.5. The Labute approximate surface area is 117 Å².